The number of Topliss-reactive ketones (excluding diaryl/α,β-unsaturated/α-hetero) is 1. The average Bonchev–Trinajstić information content (AvgIpc) is 2.18. The predicted octanol–water partition coefficient (Wildman–Crippen LogP) is 4.17. The first-order valence-corrected chi connectivity index (χ1v) is 7.32. The molecule has 0 fully saturated rings. The number of unbranched alkanes of at least 4 members (excludes halogenated alkanes) is 2. The van der Waals surface area contributed by atoms with E-state index in [1.807, 2.05) is 20.8 Å². The molecule has 0 aromatic heterocycles. The molecule has 1 unspecified atom stereocenters. The first-order chi connectivity index (χ1) is 8.08. The fourth-order valence-electron chi connectivity index (χ4n) is 2.39. The quantitative estimate of drug-likeness (QED) is 0.694. The maximum Gasteiger partial charge on any atom is 0.141 e. The lowest BCUT2D eigenvalue weighted by Gasteiger charge is -2.30. The zero-order valence-corrected chi connectivity index (χ0v) is 13.3. The topological polar surface area (TPSA) is 43.1 Å². The van der Waals surface area contributed by atoms with E-state index in [-0.39, 0.29) is 16.7 Å². The maximum atomic E-state index is 12.5. The summed E-state index contributed by atoms with van der Waals surface area (Å²) in [5.74, 6) is 0.632. The lowest BCUT2D eigenvalue weighted by molar-refractivity contribution is -0.131. The summed E-state index contributed by atoms with van der Waals surface area (Å²) >= 11 is 0. The third-order valence-corrected chi connectivity index (χ3v) is 3.23. The van der Waals surface area contributed by atoms with Crippen molar-refractivity contribution in [3.8, 4) is 0 Å². The molecule has 0 aromatic carbocycles. The van der Waals surface area contributed by atoms with Crippen LogP contribution < -0.4 is 5.73 Å². The first-order valence-electron chi connectivity index (χ1n) is 7.32. The lowest BCUT2D eigenvalue weighted by atomic mass is 9.74. The van der Waals surface area contributed by atoms with Gasteiger partial charge in [-0.05, 0) is 31.2 Å². The van der Waals surface area contributed by atoms with E-state index in [0.29, 0.717) is 5.78 Å². The smallest absolute Gasteiger partial charge is 0.141 e. The van der Waals surface area contributed by atoms with Gasteiger partial charge in [-0.25, -0.2) is 0 Å². The summed E-state index contributed by atoms with van der Waals surface area (Å²) in [6.07, 6.45) is 5.36. The summed E-state index contributed by atoms with van der Waals surface area (Å²) in [6, 6.07) is 0. The third-order valence-electron chi connectivity index (χ3n) is 3.23. The van der Waals surface area contributed by atoms with Crippen LogP contribution in [0, 0.1) is 16.7 Å². The number of rotatable bonds is 7. The third kappa shape index (κ3) is 7.86. The number of ketones is 1. The van der Waals surface area contributed by atoms with E-state index in [4.69, 9.17) is 5.73 Å². The van der Waals surface area contributed by atoms with Crippen LogP contribution in [0.25, 0.3) is 0 Å². The molecular weight excluding hydrogens is 222 g/mol. The van der Waals surface area contributed by atoms with Crippen molar-refractivity contribution >= 4 is 5.78 Å². The second kappa shape index (κ2) is 7.28. The van der Waals surface area contributed by atoms with Crippen LogP contribution in [0.5, 0.6) is 0 Å². The Morgan fingerprint density at radius 3 is 1.94 bits per heavy atom. The molecule has 0 rings (SSSR count). The van der Waals surface area contributed by atoms with Crippen molar-refractivity contribution in [3.05, 3.63) is 0 Å². The van der Waals surface area contributed by atoms with Crippen molar-refractivity contribution in [1.82, 2.24) is 0 Å². The summed E-state index contributed by atoms with van der Waals surface area (Å²) in [7, 11) is 0. The minimum absolute atomic E-state index is 0.211. The molecule has 2 heteroatoms. The molecule has 0 spiro atoms. The normalized spacial score (nSPS) is 14.6. The maximum absolute atomic E-state index is 12.5. The van der Waals surface area contributed by atoms with Crippen LogP contribution in [0.4, 0.5) is 0 Å². The van der Waals surface area contributed by atoms with Crippen molar-refractivity contribution in [3.63, 3.8) is 0 Å². The second-order valence-corrected chi connectivity index (χ2v) is 7.71. The van der Waals surface area contributed by atoms with Crippen LogP contribution in [-0.4, -0.2) is 12.3 Å². The molecule has 0 saturated heterocycles. The summed E-state index contributed by atoms with van der Waals surface area (Å²) in [4.78, 5) is 12.5. The Bertz CT molecular complexity index is 245. The highest BCUT2D eigenvalue weighted by atomic mass is 16.1. The molecule has 18 heavy (non-hydrogen) atoms. The van der Waals surface area contributed by atoms with Gasteiger partial charge in [-0.3, -0.25) is 4.79 Å². The predicted molar refractivity (Wildman–Crippen MR) is 79.5 cm³/mol. The minimum Gasteiger partial charge on any atom is -0.330 e. The standard InChI is InChI=1S/C16H33NO/c1-15(2,3)12-13(10-8-7-9-11-17)14(18)16(4,5)6/h13H,7-12,17H2,1-6H3. The highest BCUT2D eigenvalue weighted by Crippen LogP contribution is 2.33. The largest absolute Gasteiger partial charge is 0.330 e. The van der Waals surface area contributed by atoms with E-state index < -0.39 is 0 Å². The Labute approximate surface area is 114 Å². The molecule has 0 aromatic rings. The van der Waals surface area contributed by atoms with Crippen LogP contribution in [0.15, 0.2) is 0 Å². The zero-order valence-electron chi connectivity index (χ0n) is 13.3. The summed E-state index contributed by atoms with van der Waals surface area (Å²) < 4.78 is 0. The number of nitrogens with two attached hydrogens (primary N) is 1. The number of carbonyl (C=O) groups is 1. The van der Waals surface area contributed by atoms with Gasteiger partial charge in [0.15, 0.2) is 0 Å². The van der Waals surface area contributed by atoms with Gasteiger partial charge in [-0.2, -0.15) is 0 Å². The molecule has 0 aliphatic carbocycles. The second-order valence-electron chi connectivity index (χ2n) is 7.71. The zero-order chi connectivity index (χ0) is 14.4. The molecule has 0 aliphatic heterocycles. The van der Waals surface area contributed by atoms with Crippen LogP contribution in [0.1, 0.15) is 73.6 Å². The monoisotopic (exact) mass is 255 g/mol. The Hall–Kier alpha value is -0.370. The molecule has 0 bridgehead atoms. The van der Waals surface area contributed by atoms with Crippen molar-refractivity contribution in [2.45, 2.75) is 73.6 Å². The Morgan fingerprint density at radius 2 is 1.56 bits per heavy atom. The SMILES string of the molecule is CC(C)(C)CC(CCCCCN)C(=O)C(C)(C)C. The lowest BCUT2D eigenvalue weighted by Crippen LogP contribution is -2.31. The minimum atomic E-state index is -0.218. The van der Waals surface area contributed by atoms with Crippen LogP contribution >= 0.6 is 0 Å². The molecule has 0 heterocycles. The molecule has 1 atom stereocenters. The molecule has 0 saturated carbocycles. The van der Waals surface area contributed by atoms with Crippen molar-refractivity contribution in [2.24, 2.45) is 22.5 Å². The van der Waals surface area contributed by atoms with Crippen LogP contribution in [0.3, 0.4) is 0 Å². The van der Waals surface area contributed by atoms with E-state index in [1.165, 1.54) is 0 Å². The van der Waals surface area contributed by atoms with Gasteiger partial charge in [0.1, 0.15) is 5.78 Å². The van der Waals surface area contributed by atoms with Gasteiger partial charge in [0.2, 0.25) is 0 Å². The van der Waals surface area contributed by atoms with Crippen LogP contribution in [-0.2, 0) is 4.79 Å². The van der Waals surface area contributed by atoms with Gasteiger partial charge < -0.3 is 5.73 Å². The Kier molecular flexibility index (Phi) is 7.13. The van der Waals surface area contributed by atoms with Gasteiger partial charge in [0.05, 0.1) is 0 Å². The fraction of sp³-hybridized carbons (Fsp3) is 0.938. The summed E-state index contributed by atoms with van der Waals surface area (Å²) in [6.45, 7) is 13.5. The van der Waals surface area contributed by atoms with E-state index in [2.05, 4.69) is 20.8 Å². The molecule has 108 valence electrons. The highest BCUT2D eigenvalue weighted by Gasteiger charge is 2.31. The van der Waals surface area contributed by atoms with Gasteiger partial charge in [0.25, 0.3) is 0 Å². The number of hydrogen-bond acceptors (Lipinski definition) is 2. The van der Waals surface area contributed by atoms with E-state index in [1.54, 1.807) is 0 Å². The first kappa shape index (κ1) is 17.6. The van der Waals surface area contributed by atoms with Gasteiger partial charge >= 0.3 is 0 Å². The number of hydrogen-bond donors (Lipinski definition) is 1. The molecule has 2 nitrogen and oxygen atoms in total. The van der Waals surface area contributed by atoms with E-state index >= 15 is 0 Å². The average molecular weight is 255 g/mol. The van der Waals surface area contributed by atoms with Gasteiger partial charge in [0, 0.05) is 11.3 Å². The van der Waals surface area contributed by atoms with E-state index in [9.17, 15) is 4.79 Å². The fourth-order valence-corrected chi connectivity index (χ4v) is 2.39. The van der Waals surface area contributed by atoms with Crippen molar-refractivity contribution < 1.29 is 4.79 Å². The molecule has 0 radical (unpaired) electrons. The number of carbonyl (C=O) groups excluding carboxylic acids is 1. The highest BCUT2D eigenvalue weighted by molar-refractivity contribution is 5.85. The summed E-state index contributed by atoms with van der Waals surface area (Å²) in [5, 5.41) is 0. The molecular formula is C16H33NO. The van der Waals surface area contributed by atoms with Crippen molar-refractivity contribution in [2.75, 3.05) is 6.54 Å². The van der Waals surface area contributed by atoms with Crippen molar-refractivity contribution in [1.29, 1.82) is 0 Å². The molecule has 0 amide bonds. The Morgan fingerprint density at radius 1 is 1.00 bits per heavy atom. The van der Waals surface area contributed by atoms with Crippen LogP contribution in [0.2, 0.25) is 0 Å². The molecule has 2 N–H and O–H groups in total. The Balaban J connectivity index is 4.49. The van der Waals surface area contributed by atoms with Gasteiger partial charge in [-0.15, -0.1) is 0 Å². The molecule has 0 aliphatic rings. The summed E-state index contributed by atoms with van der Waals surface area (Å²) in [5.41, 5.74) is 5.51. The van der Waals surface area contributed by atoms with E-state index in [0.717, 1.165) is 38.6 Å². The van der Waals surface area contributed by atoms with Gasteiger partial charge in [-0.1, -0.05) is 54.4 Å².